The van der Waals surface area contributed by atoms with Crippen LogP contribution in [0.25, 0.3) is 0 Å². The maximum Gasteiger partial charge on any atom is 0.118 e. The van der Waals surface area contributed by atoms with Crippen molar-refractivity contribution in [2.24, 2.45) is 5.92 Å². The van der Waals surface area contributed by atoms with Gasteiger partial charge in [-0.25, -0.2) is 0 Å². The van der Waals surface area contributed by atoms with E-state index in [4.69, 9.17) is 4.74 Å². The van der Waals surface area contributed by atoms with Crippen LogP contribution in [0.2, 0.25) is 0 Å². The van der Waals surface area contributed by atoms with Crippen LogP contribution < -0.4 is 10.1 Å². The van der Waals surface area contributed by atoms with Gasteiger partial charge in [-0.1, -0.05) is 12.1 Å². The van der Waals surface area contributed by atoms with Crippen molar-refractivity contribution < 1.29 is 9.84 Å². The molecule has 0 aliphatic carbocycles. The van der Waals surface area contributed by atoms with Crippen molar-refractivity contribution in [3.8, 4) is 5.75 Å². The van der Waals surface area contributed by atoms with E-state index in [1.165, 1.54) is 5.56 Å². The van der Waals surface area contributed by atoms with Crippen molar-refractivity contribution in [1.82, 2.24) is 5.32 Å². The van der Waals surface area contributed by atoms with E-state index in [2.05, 4.69) is 17.4 Å². The summed E-state index contributed by atoms with van der Waals surface area (Å²) in [6, 6.07) is 8.34. The summed E-state index contributed by atoms with van der Waals surface area (Å²) >= 11 is 0. The van der Waals surface area contributed by atoms with Crippen LogP contribution in [0.5, 0.6) is 5.75 Å². The van der Waals surface area contributed by atoms with E-state index in [1.807, 2.05) is 12.1 Å². The molecule has 0 spiro atoms. The van der Waals surface area contributed by atoms with Gasteiger partial charge in [0.05, 0.1) is 7.11 Å². The zero-order valence-corrected chi connectivity index (χ0v) is 8.94. The lowest BCUT2D eigenvalue weighted by Crippen LogP contribution is -2.19. The minimum absolute atomic E-state index is 0.254. The molecular weight excluding hydrogens is 190 g/mol. The van der Waals surface area contributed by atoms with Gasteiger partial charge in [0.25, 0.3) is 0 Å². The Morgan fingerprint density at radius 1 is 1.40 bits per heavy atom. The quantitative estimate of drug-likeness (QED) is 0.786. The first-order valence-corrected chi connectivity index (χ1v) is 5.33. The van der Waals surface area contributed by atoms with Gasteiger partial charge < -0.3 is 15.2 Å². The molecule has 0 unspecified atom stereocenters. The molecule has 0 bridgehead atoms. The Bertz CT molecular complexity index is 310. The zero-order chi connectivity index (χ0) is 10.7. The van der Waals surface area contributed by atoms with E-state index in [1.54, 1.807) is 7.11 Å². The topological polar surface area (TPSA) is 41.5 Å². The summed E-state index contributed by atoms with van der Waals surface area (Å²) in [6.07, 6.45) is 1.05. The largest absolute Gasteiger partial charge is 0.497 e. The van der Waals surface area contributed by atoms with Crippen LogP contribution in [0.1, 0.15) is 18.0 Å². The molecule has 1 heterocycles. The highest BCUT2D eigenvalue weighted by molar-refractivity contribution is 5.30. The minimum atomic E-state index is 0.254. The molecule has 0 saturated carbocycles. The first kappa shape index (κ1) is 10.5. The number of nitrogens with one attached hydrogen (secondary N) is 1. The van der Waals surface area contributed by atoms with Gasteiger partial charge in [0.15, 0.2) is 0 Å². The Balaban J connectivity index is 2.14. The molecule has 1 aliphatic heterocycles. The average molecular weight is 207 g/mol. The Kier molecular flexibility index (Phi) is 3.23. The van der Waals surface area contributed by atoms with Crippen LogP contribution in [0.15, 0.2) is 24.3 Å². The number of aliphatic hydroxyl groups is 1. The monoisotopic (exact) mass is 207 g/mol. The van der Waals surface area contributed by atoms with Gasteiger partial charge in [-0.2, -0.15) is 0 Å². The molecule has 3 heteroatoms. The maximum atomic E-state index is 9.23. The van der Waals surface area contributed by atoms with Crippen molar-refractivity contribution >= 4 is 0 Å². The number of methoxy groups -OCH3 is 1. The number of hydrogen-bond donors (Lipinski definition) is 2. The van der Waals surface area contributed by atoms with Gasteiger partial charge >= 0.3 is 0 Å². The Hall–Kier alpha value is -1.06. The van der Waals surface area contributed by atoms with E-state index < -0.39 is 0 Å². The fourth-order valence-corrected chi connectivity index (χ4v) is 2.16. The van der Waals surface area contributed by atoms with Gasteiger partial charge in [0, 0.05) is 18.6 Å². The Labute approximate surface area is 90.1 Å². The first-order valence-electron chi connectivity index (χ1n) is 5.33. The molecule has 0 aromatic heterocycles. The fourth-order valence-electron chi connectivity index (χ4n) is 2.16. The van der Waals surface area contributed by atoms with Crippen LogP contribution in [0.4, 0.5) is 0 Å². The van der Waals surface area contributed by atoms with E-state index >= 15 is 0 Å². The summed E-state index contributed by atoms with van der Waals surface area (Å²) < 4.78 is 5.12. The van der Waals surface area contributed by atoms with Crippen LogP contribution in [0.3, 0.4) is 0 Å². The minimum Gasteiger partial charge on any atom is -0.497 e. The molecule has 15 heavy (non-hydrogen) atoms. The first-order chi connectivity index (χ1) is 7.35. The zero-order valence-electron chi connectivity index (χ0n) is 8.94. The summed E-state index contributed by atoms with van der Waals surface area (Å²) in [7, 11) is 1.67. The molecule has 1 aliphatic rings. The van der Waals surface area contributed by atoms with E-state index in [0.717, 1.165) is 18.7 Å². The molecule has 1 saturated heterocycles. The summed E-state index contributed by atoms with van der Waals surface area (Å²) in [5.41, 5.74) is 1.23. The highest BCUT2D eigenvalue weighted by Gasteiger charge is 2.27. The molecule has 0 radical (unpaired) electrons. The van der Waals surface area contributed by atoms with Crippen LogP contribution in [0, 0.1) is 5.92 Å². The van der Waals surface area contributed by atoms with Gasteiger partial charge in [0.2, 0.25) is 0 Å². The van der Waals surface area contributed by atoms with E-state index in [-0.39, 0.29) is 6.61 Å². The number of ether oxygens (including phenoxy) is 1. The molecule has 2 atom stereocenters. The molecule has 1 aromatic carbocycles. The molecule has 1 aromatic rings. The van der Waals surface area contributed by atoms with E-state index in [9.17, 15) is 5.11 Å². The molecule has 3 nitrogen and oxygen atoms in total. The molecule has 0 amide bonds. The molecule has 82 valence electrons. The number of benzene rings is 1. The van der Waals surface area contributed by atoms with E-state index in [0.29, 0.717) is 12.0 Å². The van der Waals surface area contributed by atoms with Crippen molar-refractivity contribution in [2.75, 3.05) is 20.3 Å². The number of aliphatic hydroxyl groups excluding tert-OH is 1. The highest BCUT2D eigenvalue weighted by atomic mass is 16.5. The Morgan fingerprint density at radius 2 is 2.13 bits per heavy atom. The highest BCUT2D eigenvalue weighted by Crippen LogP contribution is 2.29. The molecule has 2 rings (SSSR count). The van der Waals surface area contributed by atoms with Gasteiger partial charge in [-0.3, -0.25) is 0 Å². The van der Waals surface area contributed by atoms with Gasteiger partial charge in [0.1, 0.15) is 5.75 Å². The third-order valence-corrected chi connectivity index (χ3v) is 3.06. The van der Waals surface area contributed by atoms with Crippen LogP contribution in [-0.4, -0.2) is 25.4 Å². The molecule has 2 N–H and O–H groups in total. The summed E-state index contributed by atoms with van der Waals surface area (Å²) in [5, 5.41) is 12.6. The van der Waals surface area contributed by atoms with Crippen LogP contribution in [-0.2, 0) is 0 Å². The van der Waals surface area contributed by atoms with Crippen molar-refractivity contribution in [1.29, 1.82) is 0 Å². The predicted molar refractivity (Wildman–Crippen MR) is 58.9 cm³/mol. The van der Waals surface area contributed by atoms with Crippen LogP contribution >= 0.6 is 0 Å². The van der Waals surface area contributed by atoms with Gasteiger partial charge in [-0.05, 0) is 30.7 Å². The Morgan fingerprint density at radius 3 is 2.73 bits per heavy atom. The smallest absolute Gasteiger partial charge is 0.118 e. The lowest BCUT2D eigenvalue weighted by molar-refractivity contribution is 0.214. The van der Waals surface area contributed by atoms with Gasteiger partial charge in [-0.15, -0.1) is 0 Å². The lowest BCUT2D eigenvalue weighted by Gasteiger charge is -2.18. The third kappa shape index (κ3) is 2.13. The number of hydrogen-bond acceptors (Lipinski definition) is 3. The lowest BCUT2D eigenvalue weighted by atomic mass is 9.95. The summed E-state index contributed by atoms with van der Waals surface area (Å²) in [5.74, 6) is 1.22. The van der Waals surface area contributed by atoms with Crippen molar-refractivity contribution in [3.05, 3.63) is 29.8 Å². The summed E-state index contributed by atoms with van der Waals surface area (Å²) in [6.45, 7) is 1.24. The predicted octanol–water partition coefficient (Wildman–Crippen LogP) is 1.34. The SMILES string of the molecule is COc1ccc([C@@H]2NCC[C@H]2CO)cc1. The normalized spacial score (nSPS) is 25.5. The average Bonchev–Trinajstić information content (AvgIpc) is 2.77. The maximum absolute atomic E-state index is 9.23. The summed E-state index contributed by atoms with van der Waals surface area (Å²) in [4.78, 5) is 0. The second-order valence-corrected chi connectivity index (χ2v) is 3.94. The number of rotatable bonds is 3. The molecule has 1 fully saturated rings. The fraction of sp³-hybridized carbons (Fsp3) is 0.500. The second kappa shape index (κ2) is 4.64. The van der Waals surface area contributed by atoms with Crippen molar-refractivity contribution in [3.63, 3.8) is 0 Å². The standard InChI is InChI=1S/C12H17NO2/c1-15-11-4-2-9(3-5-11)12-10(8-14)6-7-13-12/h2-5,10,12-14H,6-8H2,1H3/t10-,12-/m0/s1. The third-order valence-electron chi connectivity index (χ3n) is 3.06. The van der Waals surface area contributed by atoms with Crippen molar-refractivity contribution in [2.45, 2.75) is 12.5 Å². The second-order valence-electron chi connectivity index (χ2n) is 3.94. The molecular formula is C12H17NO2.